The Labute approximate surface area is 158 Å². The van der Waals surface area contributed by atoms with Crippen molar-refractivity contribution in [1.82, 2.24) is 25.3 Å². The molecule has 1 aromatic carbocycles. The Morgan fingerprint density at radius 3 is 3.00 bits per heavy atom. The second kappa shape index (κ2) is 7.70. The molecule has 6 heteroatoms. The molecule has 0 unspecified atom stereocenters. The van der Waals surface area contributed by atoms with E-state index in [-0.39, 0.29) is 5.91 Å². The summed E-state index contributed by atoms with van der Waals surface area (Å²) >= 11 is 0. The fraction of sp³-hybridized carbons (Fsp3) is 0.333. The number of rotatable bonds is 5. The number of nitrogens with one attached hydrogen (secondary N) is 1. The summed E-state index contributed by atoms with van der Waals surface area (Å²) in [5.74, 6) is -0.0526. The third-order valence-electron chi connectivity index (χ3n) is 5.10. The van der Waals surface area contributed by atoms with Crippen molar-refractivity contribution >= 4 is 17.1 Å². The molecule has 4 rings (SSSR count). The van der Waals surface area contributed by atoms with E-state index in [1.54, 1.807) is 10.9 Å². The van der Waals surface area contributed by atoms with E-state index in [1.165, 1.54) is 24.8 Å². The summed E-state index contributed by atoms with van der Waals surface area (Å²) in [7, 11) is 0. The van der Waals surface area contributed by atoms with Gasteiger partial charge in [0.15, 0.2) is 5.65 Å². The van der Waals surface area contributed by atoms with Crippen molar-refractivity contribution in [3.8, 4) is 5.69 Å². The lowest BCUT2D eigenvalue weighted by Gasteiger charge is -2.14. The van der Waals surface area contributed by atoms with E-state index < -0.39 is 0 Å². The van der Waals surface area contributed by atoms with Gasteiger partial charge in [0, 0.05) is 18.3 Å². The maximum absolute atomic E-state index is 12.7. The number of pyridine rings is 1. The minimum Gasteiger partial charge on any atom is -0.352 e. The Morgan fingerprint density at radius 2 is 2.15 bits per heavy atom. The number of hydrogen-bond donors (Lipinski definition) is 1. The van der Waals surface area contributed by atoms with Gasteiger partial charge in [-0.05, 0) is 68.9 Å². The number of nitrogens with zero attached hydrogens (tertiary/aromatic N) is 4. The maximum atomic E-state index is 12.7. The van der Waals surface area contributed by atoms with Crippen molar-refractivity contribution in [3.05, 3.63) is 59.3 Å². The van der Waals surface area contributed by atoms with Gasteiger partial charge in [-0.2, -0.15) is 4.68 Å². The molecule has 0 spiro atoms. The Balaban J connectivity index is 1.53. The SMILES string of the molecule is Cc1c(C(=O)NCCC2=CCCCC2)cccc1-n1nnc2cccnc21. The van der Waals surface area contributed by atoms with Gasteiger partial charge in [0.2, 0.25) is 0 Å². The zero-order valence-corrected chi connectivity index (χ0v) is 15.5. The lowest BCUT2D eigenvalue weighted by atomic mass is 9.97. The van der Waals surface area contributed by atoms with Crippen LogP contribution in [-0.4, -0.2) is 32.4 Å². The molecule has 1 amide bonds. The number of amides is 1. The first-order chi connectivity index (χ1) is 13.2. The van der Waals surface area contributed by atoms with E-state index in [1.807, 2.05) is 37.3 Å². The standard InChI is InChI=1S/C21H23N5O/c1-15-17(21(27)23-14-12-16-7-3-2-4-8-16)9-5-11-19(15)26-20-18(24-25-26)10-6-13-22-20/h5-7,9-11,13H,2-4,8,12,14H2,1H3,(H,23,27). The van der Waals surface area contributed by atoms with Crippen molar-refractivity contribution in [2.75, 3.05) is 6.54 Å². The Bertz CT molecular complexity index is 1000. The first-order valence-corrected chi connectivity index (χ1v) is 9.46. The fourth-order valence-corrected chi connectivity index (χ4v) is 3.59. The molecule has 1 aliphatic rings. The molecule has 0 fully saturated rings. The van der Waals surface area contributed by atoms with Gasteiger partial charge in [-0.1, -0.05) is 22.9 Å². The average Bonchev–Trinajstić information content (AvgIpc) is 3.13. The number of hydrogen-bond acceptors (Lipinski definition) is 4. The van der Waals surface area contributed by atoms with Crippen LogP contribution in [-0.2, 0) is 0 Å². The molecule has 0 saturated carbocycles. The lowest BCUT2D eigenvalue weighted by molar-refractivity contribution is 0.0953. The number of carbonyl (C=O) groups excluding carboxylic acids is 1. The third kappa shape index (κ3) is 3.60. The normalized spacial score (nSPS) is 14.2. The van der Waals surface area contributed by atoms with Crippen molar-refractivity contribution in [3.63, 3.8) is 0 Å². The summed E-state index contributed by atoms with van der Waals surface area (Å²) < 4.78 is 1.69. The molecule has 0 bridgehead atoms. The monoisotopic (exact) mass is 361 g/mol. The minimum absolute atomic E-state index is 0.0526. The largest absolute Gasteiger partial charge is 0.352 e. The minimum atomic E-state index is -0.0526. The van der Waals surface area contributed by atoms with E-state index in [9.17, 15) is 4.79 Å². The van der Waals surface area contributed by atoms with Gasteiger partial charge in [0.1, 0.15) is 5.52 Å². The first-order valence-electron chi connectivity index (χ1n) is 9.46. The predicted octanol–water partition coefficient (Wildman–Crippen LogP) is 3.74. The van der Waals surface area contributed by atoms with Crippen molar-refractivity contribution < 1.29 is 4.79 Å². The lowest BCUT2D eigenvalue weighted by Crippen LogP contribution is -2.26. The molecule has 0 saturated heterocycles. The van der Waals surface area contributed by atoms with Gasteiger partial charge in [-0.25, -0.2) is 4.98 Å². The maximum Gasteiger partial charge on any atom is 0.251 e. The van der Waals surface area contributed by atoms with Crippen LogP contribution in [0.4, 0.5) is 0 Å². The zero-order chi connectivity index (χ0) is 18.6. The van der Waals surface area contributed by atoms with E-state index >= 15 is 0 Å². The predicted molar refractivity (Wildman–Crippen MR) is 105 cm³/mol. The molecule has 27 heavy (non-hydrogen) atoms. The van der Waals surface area contributed by atoms with Crippen molar-refractivity contribution in [1.29, 1.82) is 0 Å². The number of benzene rings is 1. The second-order valence-corrected chi connectivity index (χ2v) is 6.91. The second-order valence-electron chi connectivity index (χ2n) is 6.91. The van der Waals surface area contributed by atoms with Gasteiger partial charge in [-0.3, -0.25) is 4.79 Å². The van der Waals surface area contributed by atoms with E-state index in [2.05, 4.69) is 26.7 Å². The van der Waals surface area contributed by atoms with Gasteiger partial charge >= 0.3 is 0 Å². The Hall–Kier alpha value is -3.02. The zero-order valence-electron chi connectivity index (χ0n) is 15.5. The van der Waals surface area contributed by atoms with Crippen LogP contribution >= 0.6 is 0 Å². The summed E-state index contributed by atoms with van der Waals surface area (Å²) in [5.41, 5.74) is 5.22. The highest BCUT2D eigenvalue weighted by atomic mass is 16.1. The number of aromatic nitrogens is 4. The van der Waals surface area contributed by atoms with Crippen molar-refractivity contribution in [2.24, 2.45) is 0 Å². The summed E-state index contributed by atoms with van der Waals surface area (Å²) in [6.07, 6.45) is 9.86. The van der Waals surface area contributed by atoms with E-state index in [0.29, 0.717) is 17.8 Å². The molecule has 138 valence electrons. The molecule has 0 aliphatic heterocycles. The molecule has 0 atom stereocenters. The van der Waals surface area contributed by atoms with Crippen LogP contribution < -0.4 is 5.32 Å². The molecule has 2 aromatic heterocycles. The summed E-state index contributed by atoms with van der Waals surface area (Å²) in [5, 5.41) is 11.4. The molecular weight excluding hydrogens is 338 g/mol. The number of carbonyl (C=O) groups is 1. The van der Waals surface area contributed by atoms with Crippen LogP contribution in [0.15, 0.2) is 48.2 Å². The van der Waals surface area contributed by atoms with E-state index in [4.69, 9.17) is 0 Å². The van der Waals surface area contributed by atoms with Crippen LogP contribution in [0.1, 0.15) is 48.0 Å². The smallest absolute Gasteiger partial charge is 0.251 e. The average molecular weight is 361 g/mol. The van der Waals surface area contributed by atoms with Gasteiger partial charge in [-0.15, -0.1) is 5.10 Å². The van der Waals surface area contributed by atoms with Crippen LogP contribution in [0.3, 0.4) is 0 Å². The van der Waals surface area contributed by atoms with Gasteiger partial charge in [0.25, 0.3) is 5.91 Å². The molecular formula is C21H23N5O. The molecule has 1 aliphatic carbocycles. The first kappa shape index (κ1) is 17.4. The fourth-order valence-electron chi connectivity index (χ4n) is 3.59. The molecule has 2 heterocycles. The third-order valence-corrected chi connectivity index (χ3v) is 5.10. The van der Waals surface area contributed by atoms with Crippen LogP contribution in [0.2, 0.25) is 0 Å². The van der Waals surface area contributed by atoms with Crippen LogP contribution in [0.25, 0.3) is 16.9 Å². The topological polar surface area (TPSA) is 72.7 Å². The highest BCUT2D eigenvalue weighted by molar-refractivity contribution is 5.96. The summed E-state index contributed by atoms with van der Waals surface area (Å²) in [6.45, 7) is 2.60. The highest BCUT2D eigenvalue weighted by Crippen LogP contribution is 2.21. The number of allylic oxidation sites excluding steroid dienone is 1. The van der Waals surface area contributed by atoms with Crippen LogP contribution in [0, 0.1) is 6.92 Å². The molecule has 6 nitrogen and oxygen atoms in total. The highest BCUT2D eigenvalue weighted by Gasteiger charge is 2.15. The van der Waals surface area contributed by atoms with Gasteiger partial charge < -0.3 is 5.32 Å². The summed E-state index contributed by atoms with van der Waals surface area (Å²) in [6, 6.07) is 9.36. The molecule has 1 N–H and O–H groups in total. The van der Waals surface area contributed by atoms with E-state index in [0.717, 1.165) is 29.6 Å². The molecule has 0 radical (unpaired) electrons. The quantitative estimate of drug-likeness (QED) is 0.703. The van der Waals surface area contributed by atoms with Crippen LogP contribution in [0.5, 0.6) is 0 Å². The Kier molecular flexibility index (Phi) is 4.96. The van der Waals surface area contributed by atoms with Crippen molar-refractivity contribution in [2.45, 2.75) is 39.0 Å². The van der Waals surface area contributed by atoms with Gasteiger partial charge in [0.05, 0.1) is 5.69 Å². The Morgan fingerprint density at radius 1 is 1.22 bits per heavy atom. The summed E-state index contributed by atoms with van der Waals surface area (Å²) in [4.78, 5) is 17.1. The molecule has 3 aromatic rings. The number of fused-ring (bicyclic) bond motifs is 1.